The number of rotatable bonds is 3. The summed E-state index contributed by atoms with van der Waals surface area (Å²) in [5, 5.41) is 6.75. The van der Waals surface area contributed by atoms with E-state index in [2.05, 4.69) is 10.6 Å². The molecule has 0 radical (unpaired) electrons. The third kappa shape index (κ3) is 3.85. The van der Waals surface area contributed by atoms with Crippen LogP contribution in [-0.4, -0.2) is 45.3 Å². The molecule has 1 amide bonds. The van der Waals surface area contributed by atoms with Gasteiger partial charge >= 0.3 is 0 Å². The molecule has 0 saturated carbocycles. The zero-order valence-corrected chi connectivity index (χ0v) is 16.5. The van der Waals surface area contributed by atoms with Crippen molar-refractivity contribution in [1.82, 2.24) is 10.6 Å². The van der Waals surface area contributed by atoms with Gasteiger partial charge in [-0.25, -0.2) is 8.42 Å². The highest BCUT2D eigenvalue weighted by Gasteiger charge is 2.34. The number of nitrogens with one attached hydrogen (secondary N) is 2. The number of fused-ring (bicyclic) bond motifs is 3. The molecule has 1 aromatic rings. The Kier molecular flexibility index (Phi) is 5.51. The SMILES string of the molecule is CS(=O)(=O)N1CCCc2cc(C(=O)NC3CC4CCC(C3)N4)ccc21.Cl. The van der Waals surface area contributed by atoms with Crippen molar-refractivity contribution < 1.29 is 13.2 Å². The smallest absolute Gasteiger partial charge is 0.251 e. The van der Waals surface area contributed by atoms with Crippen LogP contribution in [0.1, 0.15) is 48.0 Å². The molecule has 1 aromatic carbocycles. The Bertz CT molecular complexity index is 787. The Morgan fingerprint density at radius 2 is 1.92 bits per heavy atom. The minimum atomic E-state index is -3.27. The van der Waals surface area contributed by atoms with Crippen molar-refractivity contribution in [3.05, 3.63) is 29.3 Å². The van der Waals surface area contributed by atoms with Crippen LogP contribution < -0.4 is 14.9 Å². The molecule has 3 aliphatic heterocycles. The molecule has 2 bridgehead atoms. The van der Waals surface area contributed by atoms with Gasteiger partial charge in [0, 0.05) is 30.2 Å². The maximum Gasteiger partial charge on any atom is 0.251 e. The lowest BCUT2D eigenvalue weighted by molar-refractivity contribution is 0.0924. The Morgan fingerprint density at radius 1 is 1.23 bits per heavy atom. The van der Waals surface area contributed by atoms with E-state index in [4.69, 9.17) is 0 Å². The largest absolute Gasteiger partial charge is 0.349 e. The molecule has 2 unspecified atom stereocenters. The quantitative estimate of drug-likeness (QED) is 0.812. The topological polar surface area (TPSA) is 78.5 Å². The number of nitrogens with zero attached hydrogens (tertiary/aromatic N) is 1. The second-order valence-electron chi connectivity index (χ2n) is 7.56. The molecule has 2 atom stereocenters. The van der Waals surface area contributed by atoms with E-state index in [0.29, 0.717) is 29.9 Å². The summed E-state index contributed by atoms with van der Waals surface area (Å²) in [6, 6.07) is 6.68. The van der Waals surface area contributed by atoms with Crippen LogP contribution in [-0.2, 0) is 16.4 Å². The summed E-state index contributed by atoms with van der Waals surface area (Å²) in [5.74, 6) is -0.0504. The monoisotopic (exact) mass is 399 g/mol. The molecule has 0 spiro atoms. The molecule has 4 rings (SSSR count). The number of halogens is 1. The van der Waals surface area contributed by atoms with E-state index in [0.717, 1.165) is 31.2 Å². The fourth-order valence-corrected chi connectivity index (χ4v) is 5.49. The number of aryl methyl sites for hydroxylation is 1. The van der Waals surface area contributed by atoms with Crippen molar-refractivity contribution in [3.8, 4) is 0 Å². The summed E-state index contributed by atoms with van der Waals surface area (Å²) in [6.07, 6.45) is 7.22. The van der Waals surface area contributed by atoms with Crippen LogP contribution in [0, 0.1) is 0 Å². The van der Waals surface area contributed by atoms with Gasteiger partial charge in [0.15, 0.2) is 0 Å². The Labute approximate surface area is 161 Å². The van der Waals surface area contributed by atoms with Crippen molar-refractivity contribution in [2.24, 2.45) is 0 Å². The average Bonchev–Trinajstić information content (AvgIpc) is 2.91. The molecule has 8 heteroatoms. The fraction of sp³-hybridized carbons (Fsp3) is 0.611. The summed E-state index contributed by atoms with van der Waals surface area (Å²) in [7, 11) is -3.27. The van der Waals surface area contributed by atoms with Gasteiger partial charge < -0.3 is 10.6 Å². The molecule has 6 nitrogen and oxygen atoms in total. The second kappa shape index (κ2) is 7.37. The minimum Gasteiger partial charge on any atom is -0.349 e. The number of sulfonamides is 1. The zero-order chi connectivity index (χ0) is 17.6. The molecule has 3 heterocycles. The van der Waals surface area contributed by atoms with Gasteiger partial charge in [0.05, 0.1) is 11.9 Å². The van der Waals surface area contributed by atoms with E-state index in [1.54, 1.807) is 12.1 Å². The summed E-state index contributed by atoms with van der Waals surface area (Å²) in [4.78, 5) is 12.6. The van der Waals surface area contributed by atoms with Gasteiger partial charge in [-0.15, -0.1) is 12.4 Å². The standard InChI is InChI=1S/C18H25N3O3S.ClH/c1-25(23,24)21-8-2-3-12-9-13(4-7-17(12)21)18(22)20-16-10-14-5-6-15(11-16)19-14;/h4,7,9,14-16,19H,2-3,5-6,8,10-11H2,1H3,(H,20,22);1H. The third-order valence-corrected chi connectivity index (χ3v) is 6.81. The van der Waals surface area contributed by atoms with E-state index >= 15 is 0 Å². The molecule has 2 saturated heterocycles. The first-order valence-electron chi connectivity index (χ1n) is 9.08. The number of hydrogen-bond donors (Lipinski definition) is 2. The summed E-state index contributed by atoms with van der Waals surface area (Å²) in [6.45, 7) is 0.509. The van der Waals surface area contributed by atoms with Gasteiger partial charge in [0.25, 0.3) is 5.91 Å². The maximum absolute atomic E-state index is 12.6. The lowest BCUT2D eigenvalue weighted by atomic mass is 9.98. The van der Waals surface area contributed by atoms with Crippen molar-refractivity contribution in [3.63, 3.8) is 0 Å². The van der Waals surface area contributed by atoms with Crippen molar-refractivity contribution in [2.75, 3.05) is 17.1 Å². The Hall–Kier alpha value is -1.31. The first-order valence-corrected chi connectivity index (χ1v) is 10.9. The first-order chi connectivity index (χ1) is 11.9. The molecular formula is C18H26ClN3O3S. The lowest BCUT2D eigenvalue weighted by Gasteiger charge is -2.31. The van der Waals surface area contributed by atoms with Gasteiger partial charge in [-0.2, -0.15) is 0 Å². The molecular weight excluding hydrogens is 374 g/mol. The summed E-state index contributed by atoms with van der Waals surface area (Å²) < 4.78 is 25.3. The predicted molar refractivity (Wildman–Crippen MR) is 105 cm³/mol. The van der Waals surface area contributed by atoms with Crippen LogP contribution in [0.25, 0.3) is 0 Å². The molecule has 144 valence electrons. The number of piperidine rings is 1. The van der Waals surface area contributed by atoms with E-state index in [-0.39, 0.29) is 24.4 Å². The Morgan fingerprint density at radius 3 is 2.58 bits per heavy atom. The van der Waals surface area contributed by atoms with Crippen LogP contribution in [0.3, 0.4) is 0 Å². The minimum absolute atomic E-state index is 0. The number of carbonyl (C=O) groups excluding carboxylic acids is 1. The predicted octanol–water partition coefficient (Wildman–Crippen LogP) is 1.83. The number of hydrogen-bond acceptors (Lipinski definition) is 4. The highest BCUT2D eigenvalue weighted by molar-refractivity contribution is 7.92. The number of anilines is 1. The van der Waals surface area contributed by atoms with Gasteiger partial charge in [-0.1, -0.05) is 0 Å². The van der Waals surface area contributed by atoms with E-state index in [1.807, 2.05) is 6.07 Å². The fourth-order valence-electron chi connectivity index (χ4n) is 4.49. The summed E-state index contributed by atoms with van der Waals surface area (Å²) in [5.41, 5.74) is 2.28. The van der Waals surface area contributed by atoms with Crippen LogP contribution >= 0.6 is 12.4 Å². The van der Waals surface area contributed by atoms with Gasteiger partial charge in [0.2, 0.25) is 10.0 Å². The van der Waals surface area contributed by atoms with Crippen LogP contribution in [0.5, 0.6) is 0 Å². The average molecular weight is 400 g/mol. The highest BCUT2D eigenvalue weighted by atomic mass is 35.5. The zero-order valence-electron chi connectivity index (χ0n) is 14.9. The maximum atomic E-state index is 12.6. The molecule has 2 N–H and O–H groups in total. The number of amides is 1. The van der Waals surface area contributed by atoms with E-state index in [1.165, 1.54) is 23.4 Å². The first kappa shape index (κ1) is 19.5. The van der Waals surface area contributed by atoms with E-state index in [9.17, 15) is 13.2 Å². The number of carbonyl (C=O) groups is 1. The van der Waals surface area contributed by atoms with Crippen molar-refractivity contribution in [2.45, 2.75) is 56.7 Å². The molecule has 0 aliphatic carbocycles. The summed E-state index contributed by atoms with van der Waals surface area (Å²) >= 11 is 0. The van der Waals surface area contributed by atoms with Crippen LogP contribution in [0.4, 0.5) is 5.69 Å². The molecule has 0 aromatic heterocycles. The van der Waals surface area contributed by atoms with Crippen molar-refractivity contribution in [1.29, 1.82) is 0 Å². The number of benzene rings is 1. The molecule has 26 heavy (non-hydrogen) atoms. The van der Waals surface area contributed by atoms with Gasteiger partial charge in [-0.3, -0.25) is 9.10 Å². The molecule has 2 fully saturated rings. The normalized spacial score (nSPS) is 27.4. The molecule has 3 aliphatic rings. The van der Waals surface area contributed by atoms with Gasteiger partial charge in [0.1, 0.15) is 0 Å². The van der Waals surface area contributed by atoms with Crippen molar-refractivity contribution >= 4 is 34.0 Å². The van der Waals surface area contributed by atoms with E-state index < -0.39 is 10.0 Å². The van der Waals surface area contributed by atoms with Crippen LogP contribution in [0.15, 0.2) is 18.2 Å². The highest BCUT2D eigenvalue weighted by Crippen LogP contribution is 2.30. The lowest BCUT2D eigenvalue weighted by Crippen LogP contribution is -2.48. The Balaban J connectivity index is 0.00000196. The van der Waals surface area contributed by atoms with Gasteiger partial charge in [-0.05, 0) is 62.3 Å². The second-order valence-corrected chi connectivity index (χ2v) is 9.47. The van der Waals surface area contributed by atoms with Crippen LogP contribution in [0.2, 0.25) is 0 Å². The third-order valence-electron chi connectivity index (χ3n) is 5.63.